The Hall–Kier alpha value is -1.07. The summed E-state index contributed by atoms with van der Waals surface area (Å²) in [5, 5.41) is 6.83. The van der Waals surface area contributed by atoms with E-state index in [4.69, 9.17) is 16.3 Å². The topological polar surface area (TPSA) is 50.8 Å². The SMILES string of the molecule is COc1ccc(-c2n[nH]c(CCl)n2)cc1Br. The van der Waals surface area contributed by atoms with Crippen molar-refractivity contribution in [1.29, 1.82) is 0 Å². The summed E-state index contributed by atoms with van der Waals surface area (Å²) in [5.41, 5.74) is 0.903. The van der Waals surface area contributed by atoms with E-state index in [0.717, 1.165) is 15.8 Å². The molecule has 0 saturated heterocycles. The highest BCUT2D eigenvalue weighted by Gasteiger charge is 2.07. The van der Waals surface area contributed by atoms with Crippen LogP contribution in [0.5, 0.6) is 5.75 Å². The van der Waals surface area contributed by atoms with Crippen molar-refractivity contribution in [2.75, 3.05) is 7.11 Å². The van der Waals surface area contributed by atoms with Gasteiger partial charge in [-0.3, -0.25) is 5.10 Å². The quantitative estimate of drug-likeness (QED) is 0.887. The average molecular weight is 303 g/mol. The van der Waals surface area contributed by atoms with Crippen molar-refractivity contribution in [2.45, 2.75) is 5.88 Å². The lowest BCUT2D eigenvalue weighted by molar-refractivity contribution is 0.412. The van der Waals surface area contributed by atoms with Gasteiger partial charge in [-0.1, -0.05) is 0 Å². The van der Waals surface area contributed by atoms with Gasteiger partial charge in [0.1, 0.15) is 11.6 Å². The molecule has 1 aromatic heterocycles. The maximum absolute atomic E-state index is 5.64. The normalized spacial score (nSPS) is 10.4. The molecule has 1 heterocycles. The maximum Gasteiger partial charge on any atom is 0.181 e. The van der Waals surface area contributed by atoms with Crippen LogP contribution >= 0.6 is 27.5 Å². The third kappa shape index (κ3) is 2.20. The summed E-state index contributed by atoms with van der Waals surface area (Å²) in [4.78, 5) is 4.24. The lowest BCUT2D eigenvalue weighted by Crippen LogP contribution is -1.86. The number of hydrogen-bond donors (Lipinski definition) is 1. The van der Waals surface area contributed by atoms with Crippen LogP contribution in [0.2, 0.25) is 0 Å². The van der Waals surface area contributed by atoms with Crippen molar-refractivity contribution < 1.29 is 4.74 Å². The first-order valence-corrected chi connectivity index (χ1v) is 5.88. The zero-order valence-electron chi connectivity index (χ0n) is 8.50. The van der Waals surface area contributed by atoms with E-state index in [9.17, 15) is 0 Å². The van der Waals surface area contributed by atoms with E-state index in [-0.39, 0.29) is 0 Å². The van der Waals surface area contributed by atoms with E-state index in [0.29, 0.717) is 17.5 Å². The molecule has 0 aliphatic carbocycles. The molecule has 1 aromatic carbocycles. The third-order valence-corrected chi connectivity index (χ3v) is 2.94. The molecule has 0 aliphatic heterocycles. The summed E-state index contributed by atoms with van der Waals surface area (Å²) in [6.07, 6.45) is 0. The third-order valence-electron chi connectivity index (χ3n) is 2.07. The fraction of sp³-hybridized carbons (Fsp3) is 0.200. The number of ether oxygens (including phenoxy) is 1. The lowest BCUT2D eigenvalue weighted by atomic mass is 10.2. The van der Waals surface area contributed by atoms with Crippen LogP contribution in [0.15, 0.2) is 22.7 Å². The zero-order chi connectivity index (χ0) is 11.5. The van der Waals surface area contributed by atoms with Crippen molar-refractivity contribution in [3.63, 3.8) is 0 Å². The summed E-state index contributed by atoms with van der Waals surface area (Å²) in [6.45, 7) is 0. The fourth-order valence-corrected chi connectivity index (χ4v) is 1.95. The second-order valence-electron chi connectivity index (χ2n) is 3.09. The highest BCUT2D eigenvalue weighted by Crippen LogP contribution is 2.29. The Morgan fingerprint density at radius 2 is 2.31 bits per heavy atom. The monoisotopic (exact) mass is 301 g/mol. The predicted octanol–water partition coefficient (Wildman–Crippen LogP) is 2.98. The van der Waals surface area contributed by atoms with Crippen LogP contribution in [0.3, 0.4) is 0 Å². The van der Waals surface area contributed by atoms with Gasteiger partial charge in [-0.05, 0) is 34.1 Å². The first kappa shape index (κ1) is 11.4. The first-order chi connectivity index (χ1) is 7.74. The molecule has 0 amide bonds. The van der Waals surface area contributed by atoms with Crippen LogP contribution in [0.25, 0.3) is 11.4 Å². The molecule has 6 heteroatoms. The summed E-state index contributed by atoms with van der Waals surface area (Å²) in [7, 11) is 1.62. The minimum atomic E-state index is 0.324. The number of rotatable bonds is 3. The summed E-state index contributed by atoms with van der Waals surface area (Å²) in [5.74, 6) is 2.38. The van der Waals surface area contributed by atoms with Crippen LogP contribution in [0.1, 0.15) is 5.82 Å². The smallest absolute Gasteiger partial charge is 0.181 e. The van der Waals surface area contributed by atoms with Gasteiger partial charge in [-0.25, -0.2) is 4.98 Å². The van der Waals surface area contributed by atoms with Crippen molar-refractivity contribution in [3.8, 4) is 17.1 Å². The molecule has 0 saturated carbocycles. The second-order valence-corrected chi connectivity index (χ2v) is 4.21. The molecule has 2 aromatic rings. The number of hydrogen-bond acceptors (Lipinski definition) is 3. The van der Waals surface area contributed by atoms with E-state index in [2.05, 4.69) is 31.1 Å². The largest absolute Gasteiger partial charge is 0.496 e. The molecule has 0 spiro atoms. The number of H-pyrrole nitrogens is 1. The van der Waals surface area contributed by atoms with Gasteiger partial charge in [-0.2, -0.15) is 5.10 Å². The van der Waals surface area contributed by atoms with Gasteiger partial charge >= 0.3 is 0 Å². The molecule has 2 rings (SSSR count). The second kappa shape index (κ2) is 4.84. The molecule has 0 fully saturated rings. The van der Waals surface area contributed by atoms with E-state index >= 15 is 0 Å². The molecule has 16 heavy (non-hydrogen) atoms. The Kier molecular flexibility index (Phi) is 3.46. The van der Waals surface area contributed by atoms with Crippen molar-refractivity contribution in [3.05, 3.63) is 28.5 Å². The molecule has 4 nitrogen and oxygen atoms in total. The van der Waals surface area contributed by atoms with Gasteiger partial charge in [0.15, 0.2) is 5.82 Å². The maximum atomic E-state index is 5.64. The summed E-state index contributed by atoms with van der Waals surface area (Å²) >= 11 is 9.06. The number of benzene rings is 1. The average Bonchev–Trinajstić information content (AvgIpc) is 2.77. The van der Waals surface area contributed by atoms with Gasteiger partial charge in [0.05, 0.1) is 17.5 Å². The Morgan fingerprint density at radius 3 is 2.88 bits per heavy atom. The lowest BCUT2D eigenvalue weighted by Gasteiger charge is -2.03. The van der Waals surface area contributed by atoms with Crippen LogP contribution in [0.4, 0.5) is 0 Å². The number of halogens is 2. The standard InChI is InChI=1S/C10H9BrClN3O/c1-16-8-3-2-6(4-7(8)11)10-13-9(5-12)14-15-10/h2-4H,5H2,1H3,(H,13,14,15). The zero-order valence-corrected chi connectivity index (χ0v) is 10.8. The summed E-state index contributed by atoms with van der Waals surface area (Å²) < 4.78 is 6.01. The van der Waals surface area contributed by atoms with Crippen LogP contribution < -0.4 is 4.74 Å². The molecular weight excluding hydrogens is 293 g/mol. The number of aromatic nitrogens is 3. The Balaban J connectivity index is 2.37. The molecule has 0 unspecified atom stereocenters. The van der Waals surface area contributed by atoms with Crippen molar-refractivity contribution in [2.24, 2.45) is 0 Å². The molecule has 0 aliphatic rings. The predicted molar refractivity (Wildman–Crippen MR) is 65.6 cm³/mol. The number of alkyl halides is 1. The number of methoxy groups -OCH3 is 1. The molecule has 1 N–H and O–H groups in total. The summed E-state index contributed by atoms with van der Waals surface area (Å²) in [6, 6.07) is 5.65. The fourth-order valence-electron chi connectivity index (χ4n) is 1.29. The minimum absolute atomic E-state index is 0.324. The van der Waals surface area contributed by atoms with E-state index in [1.165, 1.54) is 0 Å². The van der Waals surface area contributed by atoms with Crippen LogP contribution in [0, 0.1) is 0 Å². The van der Waals surface area contributed by atoms with Gasteiger partial charge < -0.3 is 4.74 Å². The molecular formula is C10H9BrClN3O. The van der Waals surface area contributed by atoms with Crippen molar-refractivity contribution in [1.82, 2.24) is 15.2 Å². The van der Waals surface area contributed by atoms with Gasteiger partial charge in [0.25, 0.3) is 0 Å². The molecule has 0 atom stereocenters. The Bertz CT molecular complexity index is 501. The first-order valence-electron chi connectivity index (χ1n) is 4.55. The van der Waals surface area contributed by atoms with E-state index < -0.39 is 0 Å². The molecule has 0 bridgehead atoms. The van der Waals surface area contributed by atoms with Gasteiger partial charge in [0.2, 0.25) is 0 Å². The highest BCUT2D eigenvalue weighted by molar-refractivity contribution is 9.10. The number of nitrogens with zero attached hydrogens (tertiary/aromatic N) is 2. The Labute approximate surface area is 106 Å². The molecule has 0 radical (unpaired) electrons. The van der Waals surface area contributed by atoms with E-state index in [1.54, 1.807) is 7.11 Å². The van der Waals surface area contributed by atoms with Crippen LogP contribution in [-0.4, -0.2) is 22.3 Å². The van der Waals surface area contributed by atoms with E-state index in [1.807, 2.05) is 18.2 Å². The van der Waals surface area contributed by atoms with Gasteiger partial charge in [-0.15, -0.1) is 11.6 Å². The van der Waals surface area contributed by atoms with Crippen LogP contribution in [-0.2, 0) is 5.88 Å². The van der Waals surface area contributed by atoms with Gasteiger partial charge in [0, 0.05) is 5.56 Å². The minimum Gasteiger partial charge on any atom is -0.496 e. The number of aromatic amines is 1. The molecule has 84 valence electrons. The number of nitrogens with one attached hydrogen (secondary N) is 1. The Morgan fingerprint density at radius 1 is 1.50 bits per heavy atom. The highest BCUT2D eigenvalue weighted by atomic mass is 79.9. The van der Waals surface area contributed by atoms with Crippen molar-refractivity contribution >= 4 is 27.5 Å².